The number of nitrogens with zero attached hydrogens (tertiary/aromatic N) is 2. The van der Waals surface area contributed by atoms with Crippen molar-refractivity contribution in [3.05, 3.63) is 42.3 Å². The maximum absolute atomic E-state index is 2.63. The van der Waals surface area contributed by atoms with Gasteiger partial charge in [-0.3, -0.25) is 4.90 Å². The molecule has 0 saturated carbocycles. The Kier molecular flexibility index (Phi) is 7.83. The van der Waals surface area contributed by atoms with Gasteiger partial charge in [0, 0.05) is 6.54 Å². The van der Waals surface area contributed by atoms with Crippen LogP contribution in [0.1, 0.15) is 44.6 Å². The molecule has 0 aliphatic carbocycles. The van der Waals surface area contributed by atoms with E-state index >= 15 is 0 Å². The van der Waals surface area contributed by atoms with Crippen molar-refractivity contribution < 1.29 is 0 Å². The standard InChI is InChI=1S/C19H31N2/c1-2-20(18-19-12-6-3-7-13-19)14-8-4-9-15-21-16-10-5-11-17-21/h3,5-7,12-13H,2,4,8-11,14-18H2,1H3. The highest BCUT2D eigenvalue weighted by Gasteiger charge is 2.09. The minimum absolute atomic E-state index is 1.10. The molecule has 117 valence electrons. The molecule has 21 heavy (non-hydrogen) atoms. The van der Waals surface area contributed by atoms with E-state index in [0.29, 0.717) is 0 Å². The minimum Gasteiger partial charge on any atom is -0.303 e. The van der Waals surface area contributed by atoms with Crippen molar-refractivity contribution in [3.63, 3.8) is 0 Å². The Morgan fingerprint density at radius 1 is 1.00 bits per heavy atom. The largest absolute Gasteiger partial charge is 0.303 e. The van der Waals surface area contributed by atoms with E-state index in [1.807, 2.05) is 0 Å². The van der Waals surface area contributed by atoms with E-state index in [1.54, 1.807) is 0 Å². The Balaban J connectivity index is 1.55. The zero-order chi connectivity index (χ0) is 14.8. The molecule has 1 aliphatic rings. The fraction of sp³-hybridized carbons (Fsp3) is 0.632. The van der Waals surface area contributed by atoms with E-state index in [0.717, 1.165) is 13.1 Å². The SMILES string of the molecule is CCN(CCCCCN1CC[CH]CC1)Cc1ccccc1. The van der Waals surface area contributed by atoms with E-state index < -0.39 is 0 Å². The van der Waals surface area contributed by atoms with Crippen LogP contribution in [-0.2, 0) is 6.54 Å². The quantitative estimate of drug-likeness (QED) is 0.634. The van der Waals surface area contributed by atoms with Crippen LogP contribution in [0.25, 0.3) is 0 Å². The number of rotatable bonds is 9. The predicted octanol–water partition coefficient (Wildman–Crippen LogP) is 3.98. The molecule has 2 heteroatoms. The summed E-state index contributed by atoms with van der Waals surface area (Å²) in [7, 11) is 0. The van der Waals surface area contributed by atoms with E-state index in [1.165, 1.54) is 63.8 Å². The summed E-state index contributed by atoms with van der Waals surface area (Å²) in [5.41, 5.74) is 1.43. The van der Waals surface area contributed by atoms with Gasteiger partial charge in [-0.2, -0.15) is 0 Å². The van der Waals surface area contributed by atoms with E-state index in [9.17, 15) is 0 Å². The first kappa shape index (κ1) is 16.5. The molecule has 1 radical (unpaired) electrons. The topological polar surface area (TPSA) is 6.48 Å². The van der Waals surface area contributed by atoms with Crippen LogP contribution in [0.3, 0.4) is 0 Å². The van der Waals surface area contributed by atoms with Gasteiger partial charge < -0.3 is 4.90 Å². The number of hydrogen-bond acceptors (Lipinski definition) is 2. The van der Waals surface area contributed by atoms with E-state index in [-0.39, 0.29) is 0 Å². The summed E-state index contributed by atoms with van der Waals surface area (Å²) in [6, 6.07) is 10.8. The van der Waals surface area contributed by atoms with Crippen LogP contribution in [0.4, 0.5) is 0 Å². The van der Waals surface area contributed by atoms with Crippen molar-refractivity contribution in [1.29, 1.82) is 0 Å². The number of benzene rings is 1. The van der Waals surface area contributed by atoms with Crippen LogP contribution >= 0.6 is 0 Å². The third kappa shape index (κ3) is 6.62. The molecule has 0 atom stereocenters. The van der Waals surface area contributed by atoms with Crippen molar-refractivity contribution in [2.24, 2.45) is 0 Å². The number of piperidine rings is 1. The number of unbranched alkanes of at least 4 members (excludes halogenated alkanes) is 2. The highest BCUT2D eigenvalue weighted by Crippen LogP contribution is 2.10. The van der Waals surface area contributed by atoms with Gasteiger partial charge in [-0.15, -0.1) is 0 Å². The lowest BCUT2D eigenvalue weighted by atomic mass is 10.1. The summed E-state index contributed by atoms with van der Waals surface area (Å²) < 4.78 is 0. The van der Waals surface area contributed by atoms with Crippen molar-refractivity contribution in [1.82, 2.24) is 9.80 Å². The van der Waals surface area contributed by atoms with Crippen LogP contribution in [-0.4, -0.2) is 42.5 Å². The van der Waals surface area contributed by atoms with Crippen molar-refractivity contribution >= 4 is 0 Å². The highest BCUT2D eigenvalue weighted by atomic mass is 15.1. The Bertz CT molecular complexity index is 357. The smallest absolute Gasteiger partial charge is 0.0233 e. The van der Waals surface area contributed by atoms with Gasteiger partial charge in [0.25, 0.3) is 0 Å². The fourth-order valence-electron chi connectivity index (χ4n) is 3.07. The van der Waals surface area contributed by atoms with Gasteiger partial charge in [-0.05, 0) is 70.4 Å². The van der Waals surface area contributed by atoms with Crippen LogP contribution in [0.2, 0.25) is 0 Å². The van der Waals surface area contributed by atoms with Crippen LogP contribution in [0.5, 0.6) is 0 Å². The molecule has 0 amide bonds. The summed E-state index contributed by atoms with van der Waals surface area (Å²) >= 11 is 0. The second-order valence-corrected chi connectivity index (χ2v) is 6.12. The molecular formula is C19H31N2. The maximum Gasteiger partial charge on any atom is 0.0233 e. The molecule has 1 aromatic rings. The predicted molar refractivity (Wildman–Crippen MR) is 91.2 cm³/mol. The second kappa shape index (κ2) is 9.97. The molecule has 0 bridgehead atoms. The Morgan fingerprint density at radius 2 is 1.76 bits per heavy atom. The molecule has 0 aromatic heterocycles. The van der Waals surface area contributed by atoms with Crippen molar-refractivity contribution in [2.75, 3.05) is 32.7 Å². The average Bonchev–Trinajstić information content (AvgIpc) is 2.55. The molecule has 0 N–H and O–H groups in total. The van der Waals surface area contributed by atoms with Gasteiger partial charge in [0.2, 0.25) is 0 Å². The highest BCUT2D eigenvalue weighted by molar-refractivity contribution is 5.14. The third-order valence-corrected chi connectivity index (χ3v) is 4.44. The lowest BCUT2D eigenvalue weighted by Crippen LogP contribution is -2.31. The molecule has 1 aliphatic heterocycles. The van der Waals surface area contributed by atoms with E-state index in [2.05, 4.69) is 53.5 Å². The molecule has 1 fully saturated rings. The Morgan fingerprint density at radius 3 is 2.48 bits per heavy atom. The van der Waals surface area contributed by atoms with Crippen LogP contribution in [0.15, 0.2) is 30.3 Å². The van der Waals surface area contributed by atoms with Crippen LogP contribution < -0.4 is 0 Å². The zero-order valence-corrected chi connectivity index (χ0v) is 13.6. The molecular weight excluding hydrogens is 256 g/mol. The van der Waals surface area contributed by atoms with E-state index in [4.69, 9.17) is 0 Å². The molecule has 1 saturated heterocycles. The molecule has 2 rings (SSSR count). The summed E-state index contributed by atoms with van der Waals surface area (Å²) in [5.74, 6) is 0. The molecule has 2 nitrogen and oxygen atoms in total. The first-order valence-electron chi connectivity index (χ1n) is 8.69. The maximum atomic E-state index is 2.63. The summed E-state index contributed by atoms with van der Waals surface area (Å²) in [5, 5.41) is 0. The Labute approximate surface area is 131 Å². The van der Waals surface area contributed by atoms with Gasteiger partial charge in [0.15, 0.2) is 0 Å². The van der Waals surface area contributed by atoms with Crippen molar-refractivity contribution in [2.45, 2.75) is 45.6 Å². The fourth-order valence-corrected chi connectivity index (χ4v) is 3.07. The average molecular weight is 287 g/mol. The summed E-state index contributed by atoms with van der Waals surface area (Å²) in [6.45, 7) is 9.63. The van der Waals surface area contributed by atoms with Gasteiger partial charge in [-0.1, -0.05) is 43.7 Å². The lowest BCUT2D eigenvalue weighted by molar-refractivity contribution is 0.240. The van der Waals surface area contributed by atoms with Gasteiger partial charge >= 0.3 is 0 Å². The first-order chi connectivity index (χ1) is 10.4. The van der Waals surface area contributed by atoms with Gasteiger partial charge in [0.1, 0.15) is 0 Å². The Hall–Kier alpha value is -0.860. The zero-order valence-electron chi connectivity index (χ0n) is 13.6. The summed E-state index contributed by atoms with van der Waals surface area (Å²) in [4.78, 5) is 5.19. The first-order valence-corrected chi connectivity index (χ1v) is 8.69. The molecule has 1 aromatic carbocycles. The molecule has 0 unspecified atom stereocenters. The monoisotopic (exact) mass is 287 g/mol. The molecule has 0 spiro atoms. The normalized spacial score (nSPS) is 16.5. The van der Waals surface area contributed by atoms with Crippen molar-refractivity contribution in [3.8, 4) is 0 Å². The minimum atomic E-state index is 1.10. The van der Waals surface area contributed by atoms with Gasteiger partial charge in [0.05, 0.1) is 0 Å². The number of hydrogen-bond donors (Lipinski definition) is 0. The van der Waals surface area contributed by atoms with Crippen LogP contribution in [0, 0.1) is 6.42 Å². The lowest BCUT2D eigenvalue weighted by Gasteiger charge is -2.26. The van der Waals surface area contributed by atoms with Gasteiger partial charge in [-0.25, -0.2) is 0 Å². The number of likely N-dealkylation sites (tertiary alicyclic amines) is 1. The third-order valence-electron chi connectivity index (χ3n) is 4.44. The summed E-state index contributed by atoms with van der Waals surface area (Å²) in [6.07, 6.45) is 9.08. The second-order valence-electron chi connectivity index (χ2n) is 6.12. The molecule has 1 heterocycles.